The Morgan fingerprint density at radius 2 is 1.72 bits per heavy atom. The monoisotopic (exact) mass is 397 g/mol. The van der Waals surface area contributed by atoms with Gasteiger partial charge in [-0.3, -0.25) is 9.59 Å². The largest absolute Gasteiger partial charge is 0.468 e. The number of carbonyl (C=O) groups is 3. The average molecular weight is 397 g/mol. The van der Waals surface area contributed by atoms with E-state index in [1.165, 1.54) is 20.6 Å². The molecule has 0 spiro atoms. The molecule has 2 aliphatic carbocycles. The van der Waals surface area contributed by atoms with Gasteiger partial charge in [0.15, 0.2) is 5.78 Å². The van der Waals surface area contributed by atoms with E-state index < -0.39 is 17.9 Å². The molecule has 1 aliphatic heterocycles. The molecule has 1 fully saturated rings. The molecule has 3 aliphatic rings. The molecule has 1 saturated carbocycles. The fraction of sp³-hybridized carbons (Fsp3) is 0.409. The number of nitrogens with one attached hydrogen (secondary N) is 1. The van der Waals surface area contributed by atoms with Crippen LogP contribution in [0.5, 0.6) is 0 Å². The Morgan fingerprint density at radius 3 is 2.38 bits per heavy atom. The lowest BCUT2D eigenvalue weighted by Gasteiger charge is -2.31. The third-order valence-corrected chi connectivity index (χ3v) is 5.71. The van der Waals surface area contributed by atoms with Gasteiger partial charge in [-0.25, -0.2) is 4.79 Å². The predicted molar refractivity (Wildman–Crippen MR) is 103 cm³/mol. The highest BCUT2D eigenvalue weighted by molar-refractivity contribution is 6.23. The predicted octanol–water partition coefficient (Wildman–Crippen LogP) is 2.72. The van der Waals surface area contributed by atoms with Crippen molar-refractivity contribution in [3.8, 4) is 0 Å². The second kappa shape index (κ2) is 7.73. The van der Waals surface area contributed by atoms with Gasteiger partial charge in [-0.2, -0.15) is 0 Å². The molecular formula is C22H23NO6. The number of ether oxygens (including phenoxy) is 3. The summed E-state index contributed by atoms with van der Waals surface area (Å²) in [6.07, 6.45) is 5.20. The van der Waals surface area contributed by atoms with E-state index >= 15 is 0 Å². The highest BCUT2D eigenvalue weighted by Gasteiger charge is 2.48. The molecule has 7 heteroatoms. The van der Waals surface area contributed by atoms with E-state index in [1.54, 1.807) is 24.3 Å². The van der Waals surface area contributed by atoms with E-state index in [1.807, 2.05) is 0 Å². The number of fused-ring (bicyclic) bond motifs is 2. The van der Waals surface area contributed by atoms with Gasteiger partial charge < -0.3 is 19.5 Å². The summed E-state index contributed by atoms with van der Waals surface area (Å²) in [6.45, 7) is 0. The summed E-state index contributed by atoms with van der Waals surface area (Å²) in [5.41, 5.74) is 1.14. The van der Waals surface area contributed by atoms with Crippen LogP contribution in [-0.4, -0.2) is 38.0 Å². The van der Waals surface area contributed by atoms with Gasteiger partial charge >= 0.3 is 11.9 Å². The first-order chi connectivity index (χ1) is 14.1. The number of hydrogen-bond donors (Lipinski definition) is 1. The molecule has 152 valence electrons. The Labute approximate surface area is 168 Å². The average Bonchev–Trinajstić information content (AvgIpc) is 3.04. The van der Waals surface area contributed by atoms with Crippen molar-refractivity contribution < 1.29 is 28.6 Å². The van der Waals surface area contributed by atoms with Crippen LogP contribution in [0, 0.1) is 5.92 Å². The Morgan fingerprint density at radius 1 is 1.03 bits per heavy atom. The second-order valence-corrected chi connectivity index (χ2v) is 7.39. The van der Waals surface area contributed by atoms with Crippen LogP contribution in [-0.2, 0) is 23.8 Å². The van der Waals surface area contributed by atoms with E-state index in [4.69, 9.17) is 14.2 Å². The number of hydrogen-bond acceptors (Lipinski definition) is 7. The maximum atomic E-state index is 13.1. The number of benzene rings is 1. The molecule has 1 heterocycles. The molecule has 1 aromatic carbocycles. The minimum Gasteiger partial charge on any atom is -0.468 e. The highest BCUT2D eigenvalue weighted by Crippen LogP contribution is 2.45. The Balaban J connectivity index is 1.83. The van der Waals surface area contributed by atoms with Crippen LogP contribution in [0.3, 0.4) is 0 Å². The van der Waals surface area contributed by atoms with Crippen molar-refractivity contribution in [2.45, 2.75) is 38.1 Å². The summed E-state index contributed by atoms with van der Waals surface area (Å²) in [5.74, 6) is -2.51. The zero-order chi connectivity index (χ0) is 20.5. The summed E-state index contributed by atoms with van der Waals surface area (Å²) in [4.78, 5) is 38.5. The van der Waals surface area contributed by atoms with Gasteiger partial charge in [0.05, 0.1) is 19.8 Å². The van der Waals surface area contributed by atoms with Crippen LogP contribution < -0.4 is 5.32 Å². The lowest BCUT2D eigenvalue weighted by molar-refractivity contribution is -0.146. The van der Waals surface area contributed by atoms with Crippen LogP contribution in [0.4, 0.5) is 0 Å². The first-order valence-corrected chi connectivity index (χ1v) is 9.79. The molecule has 0 aromatic heterocycles. The van der Waals surface area contributed by atoms with Crippen molar-refractivity contribution in [3.63, 3.8) is 0 Å². The summed E-state index contributed by atoms with van der Waals surface area (Å²) < 4.78 is 16.0. The maximum absolute atomic E-state index is 13.1. The lowest BCUT2D eigenvalue weighted by atomic mass is 9.86. The van der Waals surface area contributed by atoms with Crippen LogP contribution in [0.2, 0.25) is 0 Å². The minimum absolute atomic E-state index is 0.0233. The van der Waals surface area contributed by atoms with E-state index in [2.05, 4.69) is 5.32 Å². The van der Waals surface area contributed by atoms with Crippen molar-refractivity contribution in [3.05, 3.63) is 52.4 Å². The van der Waals surface area contributed by atoms with Crippen molar-refractivity contribution in [1.82, 2.24) is 5.32 Å². The standard InChI is InChI=1S/C22H23NO6/c1-27-21(25)15-16-18(24)13-10-6-7-11-14(13)19(16)29-20(17(15)22(26)28-2)23-12-8-4-3-5-9-12/h6-7,10-12,15,23H,3-5,8-9H2,1-2H3. The number of carbonyl (C=O) groups excluding carboxylic acids is 3. The SMILES string of the molecule is COC(=O)C1=C(NC2CCCCC2)OC2=C(C(=O)c3ccccc32)C1C(=O)OC. The topological polar surface area (TPSA) is 90.9 Å². The van der Waals surface area contributed by atoms with Crippen LogP contribution in [0.1, 0.15) is 48.0 Å². The number of esters is 2. The molecule has 0 amide bonds. The fourth-order valence-corrected chi connectivity index (χ4v) is 4.29. The first-order valence-electron chi connectivity index (χ1n) is 9.79. The van der Waals surface area contributed by atoms with Gasteiger partial charge in [0.25, 0.3) is 0 Å². The summed E-state index contributed by atoms with van der Waals surface area (Å²) in [7, 11) is 2.46. The van der Waals surface area contributed by atoms with Crippen LogP contribution >= 0.6 is 0 Å². The van der Waals surface area contributed by atoms with Crippen molar-refractivity contribution in [2.24, 2.45) is 5.92 Å². The zero-order valence-corrected chi connectivity index (χ0v) is 16.4. The number of rotatable bonds is 4. The summed E-state index contributed by atoms with van der Waals surface area (Å²) >= 11 is 0. The van der Waals surface area contributed by atoms with Gasteiger partial charge in [0.2, 0.25) is 5.88 Å². The quantitative estimate of drug-likeness (QED) is 0.781. The van der Waals surface area contributed by atoms with E-state index in [0.717, 1.165) is 25.7 Å². The summed E-state index contributed by atoms with van der Waals surface area (Å²) in [6, 6.07) is 7.11. The molecule has 29 heavy (non-hydrogen) atoms. The number of methoxy groups -OCH3 is 2. The molecule has 0 saturated heterocycles. The lowest BCUT2D eigenvalue weighted by Crippen LogP contribution is -2.39. The third-order valence-electron chi connectivity index (χ3n) is 5.71. The number of Topliss-reactive ketones (excluding diaryl/α,β-unsaturated/α-hetero) is 1. The van der Waals surface area contributed by atoms with Gasteiger partial charge in [-0.15, -0.1) is 0 Å². The van der Waals surface area contributed by atoms with Crippen LogP contribution in [0.15, 0.2) is 41.3 Å². The molecule has 0 bridgehead atoms. The Bertz CT molecular complexity index is 938. The molecular weight excluding hydrogens is 374 g/mol. The fourth-order valence-electron chi connectivity index (χ4n) is 4.29. The van der Waals surface area contributed by atoms with Gasteiger partial charge in [-0.1, -0.05) is 43.5 Å². The molecule has 7 nitrogen and oxygen atoms in total. The second-order valence-electron chi connectivity index (χ2n) is 7.39. The Kier molecular flexibility index (Phi) is 5.13. The van der Waals surface area contributed by atoms with Gasteiger partial charge in [0.1, 0.15) is 17.3 Å². The maximum Gasteiger partial charge on any atom is 0.340 e. The first kappa shape index (κ1) is 19.2. The Hall–Kier alpha value is -3.09. The van der Waals surface area contributed by atoms with Crippen molar-refractivity contribution in [2.75, 3.05) is 14.2 Å². The molecule has 1 N–H and O–H groups in total. The molecule has 0 radical (unpaired) electrons. The molecule has 1 atom stereocenters. The van der Waals surface area contributed by atoms with Gasteiger partial charge in [0, 0.05) is 17.2 Å². The van der Waals surface area contributed by atoms with Crippen LogP contribution in [0.25, 0.3) is 5.76 Å². The minimum atomic E-state index is -1.21. The van der Waals surface area contributed by atoms with E-state index in [0.29, 0.717) is 16.9 Å². The molecule has 1 unspecified atom stereocenters. The van der Waals surface area contributed by atoms with E-state index in [9.17, 15) is 14.4 Å². The summed E-state index contributed by atoms with van der Waals surface area (Å²) in [5, 5.41) is 3.29. The normalized spacial score (nSPS) is 21.3. The molecule has 1 aromatic rings. The third kappa shape index (κ3) is 3.20. The van der Waals surface area contributed by atoms with Gasteiger partial charge in [-0.05, 0) is 12.8 Å². The number of ketones is 1. The van der Waals surface area contributed by atoms with Crippen molar-refractivity contribution in [1.29, 1.82) is 0 Å². The smallest absolute Gasteiger partial charge is 0.340 e. The van der Waals surface area contributed by atoms with Crippen molar-refractivity contribution >= 4 is 23.5 Å². The molecule has 4 rings (SSSR count). The zero-order valence-electron chi connectivity index (χ0n) is 16.4. The highest BCUT2D eigenvalue weighted by atomic mass is 16.5. The van der Waals surface area contributed by atoms with E-state index in [-0.39, 0.29) is 28.9 Å².